The van der Waals surface area contributed by atoms with Crippen molar-refractivity contribution in [3.8, 4) is 0 Å². The number of hydrogen-bond donors (Lipinski definition) is 3. The zero-order valence-electron chi connectivity index (χ0n) is 9.51. The van der Waals surface area contributed by atoms with E-state index >= 15 is 0 Å². The van der Waals surface area contributed by atoms with E-state index in [1.165, 1.54) is 0 Å². The lowest BCUT2D eigenvalue weighted by Crippen LogP contribution is -2.44. The van der Waals surface area contributed by atoms with Crippen molar-refractivity contribution in [1.29, 1.82) is 0 Å². The van der Waals surface area contributed by atoms with Crippen molar-refractivity contribution in [1.82, 2.24) is 25.1 Å². The van der Waals surface area contributed by atoms with Gasteiger partial charge in [0.2, 0.25) is 5.91 Å². The third-order valence-electron chi connectivity index (χ3n) is 2.88. The molecule has 3 heterocycles. The maximum absolute atomic E-state index is 11.6. The predicted octanol–water partition coefficient (Wildman–Crippen LogP) is -0.892. The lowest BCUT2D eigenvalue weighted by Gasteiger charge is -2.22. The molecule has 94 valence electrons. The van der Waals surface area contributed by atoms with Crippen LogP contribution in [-0.2, 0) is 4.79 Å². The van der Waals surface area contributed by atoms with E-state index in [0.717, 1.165) is 17.4 Å². The van der Waals surface area contributed by atoms with Gasteiger partial charge in [0.1, 0.15) is 11.9 Å². The van der Waals surface area contributed by atoms with Crippen LogP contribution in [0.15, 0.2) is 16.9 Å². The summed E-state index contributed by atoms with van der Waals surface area (Å²) in [4.78, 5) is 23.0. The Bertz CT molecular complexity index is 645. The molecule has 3 N–H and O–H groups in total. The Morgan fingerprint density at radius 1 is 1.39 bits per heavy atom. The smallest absolute Gasteiger partial charge is 0.357 e. The number of rotatable bonds is 2. The third kappa shape index (κ3) is 1.81. The highest BCUT2D eigenvalue weighted by atomic mass is 16.2. The first kappa shape index (κ1) is 10.8. The van der Waals surface area contributed by atoms with Crippen LogP contribution in [0.4, 0.5) is 5.82 Å². The summed E-state index contributed by atoms with van der Waals surface area (Å²) in [5.41, 5.74) is 0.0420. The van der Waals surface area contributed by atoms with Crippen LogP contribution in [0.25, 0.3) is 5.65 Å². The molecule has 0 aliphatic carbocycles. The maximum atomic E-state index is 11.6. The van der Waals surface area contributed by atoms with Gasteiger partial charge in [-0.2, -0.15) is 9.61 Å². The van der Waals surface area contributed by atoms with E-state index in [-0.39, 0.29) is 11.9 Å². The van der Waals surface area contributed by atoms with Crippen LogP contribution in [-0.4, -0.2) is 38.3 Å². The molecule has 1 atom stereocenters. The van der Waals surface area contributed by atoms with Crippen molar-refractivity contribution in [2.24, 2.45) is 0 Å². The lowest BCUT2D eigenvalue weighted by atomic mass is 10.1. The van der Waals surface area contributed by atoms with Gasteiger partial charge in [-0.3, -0.25) is 4.79 Å². The number of carbonyl (C=O) groups is 1. The standard InChI is InChI=1S/C10H12N6O2/c17-9-6(2-1-5-11-9)12-7-3-4-8-13-14-10(18)16(8)15-7/h3-4,6H,1-2,5H2,(H,11,17)(H,12,15)(H,14,18). The van der Waals surface area contributed by atoms with E-state index < -0.39 is 5.69 Å². The number of fused-ring (bicyclic) bond motifs is 1. The van der Waals surface area contributed by atoms with Crippen LogP contribution in [0.5, 0.6) is 0 Å². The van der Waals surface area contributed by atoms with Crippen molar-refractivity contribution < 1.29 is 4.79 Å². The van der Waals surface area contributed by atoms with Gasteiger partial charge in [0, 0.05) is 6.54 Å². The van der Waals surface area contributed by atoms with Crippen molar-refractivity contribution in [3.05, 3.63) is 22.6 Å². The molecule has 0 saturated carbocycles. The summed E-state index contributed by atoms with van der Waals surface area (Å²) in [5, 5.41) is 16.0. The SMILES string of the molecule is O=C1NCCCC1Nc1ccc2n[nH]c(=O)n2n1. The first-order valence-electron chi connectivity index (χ1n) is 5.73. The first-order chi connectivity index (χ1) is 8.74. The number of anilines is 1. The zero-order valence-corrected chi connectivity index (χ0v) is 9.51. The van der Waals surface area contributed by atoms with Gasteiger partial charge in [0.05, 0.1) is 0 Å². The molecule has 1 fully saturated rings. The number of hydrogen-bond acceptors (Lipinski definition) is 5. The number of nitrogens with zero attached hydrogens (tertiary/aromatic N) is 3. The second-order valence-electron chi connectivity index (χ2n) is 4.15. The van der Waals surface area contributed by atoms with Crippen molar-refractivity contribution in [2.45, 2.75) is 18.9 Å². The van der Waals surface area contributed by atoms with Crippen LogP contribution in [0.3, 0.4) is 0 Å². The van der Waals surface area contributed by atoms with Gasteiger partial charge in [-0.15, -0.1) is 5.10 Å². The molecule has 2 aromatic rings. The monoisotopic (exact) mass is 248 g/mol. The summed E-state index contributed by atoms with van der Waals surface area (Å²) < 4.78 is 1.16. The molecule has 1 aliphatic rings. The van der Waals surface area contributed by atoms with Crippen molar-refractivity contribution in [3.63, 3.8) is 0 Å². The number of nitrogens with one attached hydrogen (secondary N) is 3. The number of piperidine rings is 1. The molecule has 0 radical (unpaired) electrons. The van der Waals surface area contributed by atoms with E-state index in [1.54, 1.807) is 12.1 Å². The lowest BCUT2D eigenvalue weighted by molar-refractivity contribution is -0.123. The quantitative estimate of drug-likeness (QED) is 0.639. The fraction of sp³-hybridized carbons (Fsp3) is 0.400. The first-order valence-corrected chi connectivity index (χ1v) is 5.73. The van der Waals surface area contributed by atoms with Crippen LogP contribution in [0.1, 0.15) is 12.8 Å². The van der Waals surface area contributed by atoms with Gasteiger partial charge >= 0.3 is 5.69 Å². The number of amides is 1. The second kappa shape index (κ2) is 4.13. The molecule has 0 aromatic carbocycles. The fourth-order valence-corrected chi connectivity index (χ4v) is 1.97. The molecule has 1 saturated heterocycles. The van der Waals surface area contributed by atoms with Crippen molar-refractivity contribution >= 4 is 17.4 Å². The minimum absolute atomic E-state index is 0.0392. The predicted molar refractivity (Wildman–Crippen MR) is 63.3 cm³/mol. The molecule has 1 amide bonds. The Balaban J connectivity index is 1.87. The molecule has 1 unspecified atom stereocenters. The Morgan fingerprint density at radius 3 is 3.11 bits per heavy atom. The fourth-order valence-electron chi connectivity index (χ4n) is 1.97. The van der Waals surface area contributed by atoms with Gasteiger partial charge < -0.3 is 10.6 Å². The van der Waals surface area contributed by atoms with Crippen LogP contribution < -0.4 is 16.3 Å². The average molecular weight is 248 g/mol. The normalized spacial score (nSPS) is 19.8. The van der Waals surface area contributed by atoms with E-state index in [2.05, 4.69) is 25.9 Å². The number of H-pyrrole nitrogens is 1. The van der Waals surface area contributed by atoms with Crippen LogP contribution in [0.2, 0.25) is 0 Å². The molecular formula is C10H12N6O2. The molecule has 1 aliphatic heterocycles. The van der Waals surface area contributed by atoms with Gasteiger partial charge in [-0.05, 0) is 25.0 Å². The van der Waals surface area contributed by atoms with Gasteiger partial charge in [-0.25, -0.2) is 9.89 Å². The molecular weight excluding hydrogens is 236 g/mol. The highest BCUT2D eigenvalue weighted by Gasteiger charge is 2.22. The second-order valence-corrected chi connectivity index (χ2v) is 4.15. The summed E-state index contributed by atoms with van der Waals surface area (Å²) in [7, 11) is 0. The minimum Gasteiger partial charge on any atom is -0.357 e. The molecule has 2 aromatic heterocycles. The molecule has 0 spiro atoms. The maximum Gasteiger partial charge on any atom is 0.364 e. The van der Waals surface area contributed by atoms with Crippen LogP contribution >= 0.6 is 0 Å². The minimum atomic E-state index is -0.401. The molecule has 0 bridgehead atoms. The summed E-state index contributed by atoms with van der Waals surface area (Å²) in [6.45, 7) is 0.713. The summed E-state index contributed by atoms with van der Waals surface area (Å²) in [6, 6.07) is 3.05. The zero-order chi connectivity index (χ0) is 12.5. The van der Waals surface area contributed by atoms with E-state index in [0.29, 0.717) is 18.0 Å². The molecule has 8 heteroatoms. The Morgan fingerprint density at radius 2 is 2.28 bits per heavy atom. The van der Waals surface area contributed by atoms with E-state index in [1.807, 2.05) is 0 Å². The molecule has 8 nitrogen and oxygen atoms in total. The number of aromatic amines is 1. The third-order valence-corrected chi connectivity index (χ3v) is 2.88. The summed E-state index contributed by atoms with van der Waals surface area (Å²) >= 11 is 0. The summed E-state index contributed by atoms with van der Waals surface area (Å²) in [5.74, 6) is 0.440. The number of aromatic nitrogens is 4. The Labute approximate surface area is 101 Å². The largest absolute Gasteiger partial charge is 0.364 e. The Kier molecular flexibility index (Phi) is 2.47. The van der Waals surface area contributed by atoms with E-state index in [4.69, 9.17) is 0 Å². The van der Waals surface area contributed by atoms with Crippen molar-refractivity contribution in [2.75, 3.05) is 11.9 Å². The number of carbonyl (C=O) groups excluding carboxylic acids is 1. The molecule has 18 heavy (non-hydrogen) atoms. The Hall–Kier alpha value is -2.38. The molecule has 3 rings (SSSR count). The van der Waals surface area contributed by atoms with E-state index in [9.17, 15) is 9.59 Å². The van der Waals surface area contributed by atoms with Crippen LogP contribution in [0, 0.1) is 0 Å². The topological polar surface area (TPSA) is 104 Å². The van der Waals surface area contributed by atoms with Gasteiger partial charge in [0.15, 0.2) is 5.65 Å². The average Bonchev–Trinajstić information content (AvgIpc) is 2.74. The van der Waals surface area contributed by atoms with Gasteiger partial charge in [-0.1, -0.05) is 0 Å². The highest BCUT2D eigenvalue weighted by molar-refractivity contribution is 5.84. The van der Waals surface area contributed by atoms with Gasteiger partial charge in [0.25, 0.3) is 0 Å². The highest BCUT2D eigenvalue weighted by Crippen LogP contribution is 2.10. The summed E-state index contributed by atoms with van der Waals surface area (Å²) in [6.07, 6.45) is 1.68.